The third kappa shape index (κ3) is 5.34. The molecule has 9 nitrogen and oxygen atoms in total. The lowest BCUT2D eigenvalue weighted by Crippen LogP contribution is -2.27. The van der Waals surface area contributed by atoms with E-state index in [0.717, 1.165) is 16.7 Å². The van der Waals surface area contributed by atoms with Gasteiger partial charge in [0, 0.05) is 0 Å². The zero-order valence-electron chi connectivity index (χ0n) is 16.7. The van der Waals surface area contributed by atoms with E-state index in [1.54, 1.807) is 6.07 Å². The minimum Gasteiger partial charge on any atom is -0.479 e. The van der Waals surface area contributed by atoms with E-state index in [0.29, 0.717) is 10.0 Å². The predicted octanol–water partition coefficient (Wildman–Crippen LogP) is 4.27. The molecule has 0 radical (unpaired) electrons. The van der Waals surface area contributed by atoms with E-state index in [4.69, 9.17) is 20.8 Å². The summed E-state index contributed by atoms with van der Waals surface area (Å²) in [7, 11) is 2.45. The van der Waals surface area contributed by atoms with Crippen LogP contribution in [0.4, 0.5) is 4.79 Å². The number of benzene rings is 1. The number of methoxy groups -OCH3 is 2. The largest absolute Gasteiger partial charge is 0.479 e. The van der Waals surface area contributed by atoms with Crippen LogP contribution in [0.2, 0.25) is 5.02 Å². The van der Waals surface area contributed by atoms with E-state index in [9.17, 15) is 19.2 Å². The van der Waals surface area contributed by atoms with Gasteiger partial charge in [-0.25, -0.2) is 9.59 Å². The van der Waals surface area contributed by atoms with Gasteiger partial charge in [-0.2, -0.15) is 0 Å². The molecule has 2 heterocycles. The molecule has 0 saturated carbocycles. The van der Waals surface area contributed by atoms with Crippen LogP contribution in [0.25, 0.3) is 6.08 Å². The van der Waals surface area contributed by atoms with Gasteiger partial charge in [0.05, 0.1) is 35.2 Å². The van der Waals surface area contributed by atoms with Crippen LogP contribution in [0.1, 0.15) is 21.9 Å². The van der Waals surface area contributed by atoms with E-state index < -0.39 is 23.1 Å². The molecule has 0 N–H and O–H groups in total. The lowest BCUT2D eigenvalue weighted by molar-refractivity contribution is -0.142. The van der Waals surface area contributed by atoms with Crippen molar-refractivity contribution in [1.29, 1.82) is 0 Å². The summed E-state index contributed by atoms with van der Waals surface area (Å²) in [5, 5.41) is -0.292. The molecular formula is C20H15BrClNO8S. The molecular weight excluding hydrogens is 530 g/mol. The molecule has 32 heavy (non-hydrogen) atoms. The van der Waals surface area contributed by atoms with Gasteiger partial charge in [0.25, 0.3) is 11.1 Å². The Kier molecular flexibility index (Phi) is 7.64. The second-order valence-corrected chi connectivity index (χ2v) is 8.46. The smallest absolute Gasteiger partial charge is 0.373 e. The quantitative estimate of drug-likeness (QED) is 0.372. The Hall–Kier alpha value is -2.76. The molecule has 1 aromatic heterocycles. The highest BCUT2D eigenvalue weighted by molar-refractivity contribution is 9.10. The highest BCUT2D eigenvalue weighted by Crippen LogP contribution is 2.38. The number of nitrogens with zero attached hydrogens (tertiary/aromatic N) is 1. The molecule has 168 valence electrons. The highest BCUT2D eigenvalue weighted by Gasteiger charge is 2.36. The molecule has 1 aromatic carbocycles. The van der Waals surface area contributed by atoms with Crippen LogP contribution in [-0.2, 0) is 25.6 Å². The molecule has 0 unspecified atom stereocenters. The molecule has 0 spiro atoms. The van der Waals surface area contributed by atoms with E-state index in [2.05, 4.69) is 25.4 Å². The SMILES string of the molecule is COC(=O)COc1c(Cl)cc(/C=C2/SC(=O)N(Cc3ccc(C(=O)OC)o3)C2=O)cc1Br. The van der Waals surface area contributed by atoms with Gasteiger partial charge >= 0.3 is 11.9 Å². The van der Waals surface area contributed by atoms with Gasteiger partial charge in [0.2, 0.25) is 5.76 Å². The Balaban J connectivity index is 1.76. The van der Waals surface area contributed by atoms with Crippen LogP contribution in [0.5, 0.6) is 5.75 Å². The molecule has 1 fully saturated rings. The summed E-state index contributed by atoms with van der Waals surface area (Å²) in [6.07, 6.45) is 1.51. The lowest BCUT2D eigenvalue weighted by atomic mass is 10.2. The van der Waals surface area contributed by atoms with Crippen molar-refractivity contribution in [1.82, 2.24) is 4.90 Å². The Bertz CT molecular complexity index is 1110. The summed E-state index contributed by atoms with van der Waals surface area (Å²) in [4.78, 5) is 49.0. The van der Waals surface area contributed by atoms with Crippen molar-refractivity contribution >= 4 is 68.5 Å². The van der Waals surface area contributed by atoms with Gasteiger partial charge in [0.15, 0.2) is 12.4 Å². The normalized spacial score (nSPS) is 14.8. The number of carbonyl (C=O) groups excluding carboxylic acids is 4. The minimum atomic E-state index is -0.660. The molecule has 0 bridgehead atoms. The fourth-order valence-corrected chi connectivity index (χ4v) is 4.43. The summed E-state index contributed by atoms with van der Waals surface area (Å²) in [5.41, 5.74) is 0.531. The number of imide groups is 1. The fourth-order valence-electron chi connectivity index (χ4n) is 2.61. The number of furan rings is 1. The van der Waals surface area contributed by atoms with Crippen molar-refractivity contribution in [3.05, 3.63) is 55.7 Å². The van der Waals surface area contributed by atoms with Crippen molar-refractivity contribution < 1.29 is 37.8 Å². The van der Waals surface area contributed by atoms with Gasteiger partial charge in [-0.3, -0.25) is 14.5 Å². The van der Waals surface area contributed by atoms with Crippen molar-refractivity contribution in [3.8, 4) is 5.75 Å². The van der Waals surface area contributed by atoms with Crippen molar-refractivity contribution in [2.45, 2.75) is 6.54 Å². The van der Waals surface area contributed by atoms with E-state index in [1.165, 1.54) is 38.5 Å². The molecule has 3 rings (SSSR count). The van der Waals surface area contributed by atoms with Crippen LogP contribution in [0.3, 0.4) is 0 Å². The molecule has 2 aromatic rings. The number of carbonyl (C=O) groups is 4. The van der Waals surface area contributed by atoms with Crippen molar-refractivity contribution in [2.75, 3.05) is 20.8 Å². The topological polar surface area (TPSA) is 112 Å². The molecule has 1 saturated heterocycles. The Labute approximate surface area is 199 Å². The number of hydrogen-bond acceptors (Lipinski definition) is 9. The zero-order valence-corrected chi connectivity index (χ0v) is 19.8. The lowest BCUT2D eigenvalue weighted by Gasteiger charge is -2.11. The molecule has 1 aliphatic rings. The first-order valence-electron chi connectivity index (χ1n) is 8.84. The second-order valence-electron chi connectivity index (χ2n) is 6.20. The molecule has 12 heteroatoms. The average molecular weight is 545 g/mol. The first kappa shape index (κ1) is 23.9. The van der Waals surface area contributed by atoms with Gasteiger partial charge in [-0.1, -0.05) is 11.6 Å². The number of esters is 2. The second kappa shape index (κ2) is 10.2. The van der Waals surface area contributed by atoms with E-state index in [-0.39, 0.29) is 40.3 Å². The number of hydrogen-bond donors (Lipinski definition) is 0. The number of rotatable bonds is 7. The standard InChI is InChI=1S/C20H15BrClNO8S/c1-28-16(24)9-30-17-12(21)5-10(6-13(17)22)7-15-18(25)23(20(27)32-15)8-11-3-4-14(31-11)19(26)29-2/h3-7H,8-9H2,1-2H3/b15-7+. The van der Waals surface area contributed by atoms with Crippen molar-refractivity contribution in [3.63, 3.8) is 0 Å². The molecule has 0 atom stereocenters. The van der Waals surface area contributed by atoms with Gasteiger partial charge in [-0.05, 0) is 63.6 Å². The Morgan fingerprint density at radius 1 is 1.22 bits per heavy atom. The molecule has 1 aliphatic heterocycles. The monoisotopic (exact) mass is 543 g/mol. The summed E-state index contributed by atoms with van der Waals surface area (Å²) >= 11 is 10.3. The summed E-state index contributed by atoms with van der Waals surface area (Å²) in [6, 6.07) is 6.05. The summed E-state index contributed by atoms with van der Waals surface area (Å²) < 4.78 is 20.2. The number of amides is 2. The third-order valence-electron chi connectivity index (χ3n) is 4.12. The first-order chi connectivity index (χ1) is 15.2. The maximum Gasteiger partial charge on any atom is 0.373 e. The van der Waals surface area contributed by atoms with Crippen LogP contribution in [-0.4, -0.2) is 48.8 Å². The third-order valence-corrected chi connectivity index (χ3v) is 5.89. The van der Waals surface area contributed by atoms with Crippen LogP contribution >= 0.6 is 39.3 Å². The first-order valence-corrected chi connectivity index (χ1v) is 10.8. The van der Waals surface area contributed by atoms with Crippen molar-refractivity contribution in [2.24, 2.45) is 0 Å². The van der Waals surface area contributed by atoms with Crippen LogP contribution in [0.15, 0.2) is 38.1 Å². The summed E-state index contributed by atoms with van der Waals surface area (Å²) in [6.45, 7) is -0.457. The maximum atomic E-state index is 12.7. The van der Waals surface area contributed by atoms with Crippen LogP contribution in [0, 0.1) is 0 Å². The van der Waals surface area contributed by atoms with Crippen LogP contribution < -0.4 is 4.74 Å². The van der Waals surface area contributed by atoms with E-state index >= 15 is 0 Å². The molecule has 2 amide bonds. The zero-order chi connectivity index (χ0) is 23.4. The van der Waals surface area contributed by atoms with Gasteiger partial charge < -0.3 is 18.6 Å². The number of halogens is 2. The van der Waals surface area contributed by atoms with Gasteiger partial charge in [0.1, 0.15) is 5.76 Å². The number of ether oxygens (including phenoxy) is 3. The number of thioether (sulfide) groups is 1. The van der Waals surface area contributed by atoms with E-state index in [1.807, 2.05) is 0 Å². The minimum absolute atomic E-state index is 0.0287. The Morgan fingerprint density at radius 2 is 1.97 bits per heavy atom. The highest BCUT2D eigenvalue weighted by atomic mass is 79.9. The predicted molar refractivity (Wildman–Crippen MR) is 118 cm³/mol. The van der Waals surface area contributed by atoms with Gasteiger partial charge in [-0.15, -0.1) is 0 Å². The fraction of sp³-hybridized carbons (Fsp3) is 0.200. The average Bonchev–Trinajstić information content (AvgIpc) is 3.33. The Morgan fingerprint density at radius 3 is 2.62 bits per heavy atom. The maximum absolute atomic E-state index is 12.7. The summed E-state index contributed by atoms with van der Waals surface area (Å²) in [5.74, 6) is -1.28. The molecule has 0 aliphatic carbocycles.